The number of nitro groups is 1. The maximum atomic E-state index is 10.7. The third-order valence-corrected chi connectivity index (χ3v) is 4.46. The van der Waals surface area contributed by atoms with Crippen LogP contribution in [0.5, 0.6) is 0 Å². The van der Waals surface area contributed by atoms with Gasteiger partial charge in [0, 0.05) is 25.2 Å². The lowest BCUT2D eigenvalue weighted by Gasteiger charge is -2.39. The van der Waals surface area contributed by atoms with Crippen molar-refractivity contribution in [2.75, 3.05) is 17.7 Å². The molecule has 1 fully saturated rings. The second-order valence-electron chi connectivity index (χ2n) is 6.51. The predicted molar refractivity (Wildman–Crippen MR) is 81.9 cm³/mol. The monoisotopic (exact) mass is 277 g/mol. The number of nitrogens with two attached hydrogens (primary N) is 1. The summed E-state index contributed by atoms with van der Waals surface area (Å²) in [5.74, 6) is 0. The van der Waals surface area contributed by atoms with Crippen LogP contribution in [0.25, 0.3) is 0 Å². The lowest BCUT2D eigenvalue weighted by atomic mass is 9.75. The van der Waals surface area contributed by atoms with Crippen molar-refractivity contribution >= 4 is 17.1 Å². The van der Waals surface area contributed by atoms with Crippen molar-refractivity contribution in [1.29, 1.82) is 0 Å². The second-order valence-corrected chi connectivity index (χ2v) is 6.51. The average Bonchev–Trinajstić information content (AvgIpc) is 2.37. The number of nitro benzene ring substituents is 1. The molecular formula is C15H23N3O2. The molecule has 2 rings (SSSR count). The second kappa shape index (κ2) is 5.31. The first-order valence-electron chi connectivity index (χ1n) is 7.07. The highest BCUT2D eigenvalue weighted by atomic mass is 16.6. The molecule has 0 spiro atoms. The van der Waals surface area contributed by atoms with Gasteiger partial charge in [0.1, 0.15) is 0 Å². The van der Waals surface area contributed by atoms with Gasteiger partial charge >= 0.3 is 0 Å². The zero-order valence-corrected chi connectivity index (χ0v) is 12.4. The molecular weight excluding hydrogens is 254 g/mol. The van der Waals surface area contributed by atoms with E-state index < -0.39 is 4.92 Å². The summed E-state index contributed by atoms with van der Waals surface area (Å²) in [4.78, 5) is 12.5. The Balaban J connectivity index is 2.13. The lowest BCUT2D eigenvalue weighted by Crippen LogP contribution is -2.37. The van der Waals surface area contributed by atoms with E-state index in [1.807, 2.05) is 7.05 Å². The molecule has 0 heterocycles. The Labute approximate surface area is 119 Å². The average molecular weight is 277 g/mol. The van der Waals surface area contributed by atoms with Crippen molar-refractivity contribution in [3.05, 3.63) is 28.3 Å². The van der Waals surface area contributed by atoms with Crippen LogP contribution in [0.1, 0.15) is 39.5 Å². The van der Waals surface area contributed by atoms with Gasteiger partial charge in [-0.15, -0.1) is 0 Å². The van der Waals surface area contributed by atoms with Gasteiger partial charge in [0.25, 0.3) is 5.69 Å². The molecule has 5 heteroatoms. The van der Waals surface area contributed by atoms with E-state index in [9.17, 15) is 10.1 Å². The summed E-state index contributed by atoms with van der Waals surface area (Å²) in [5.41, 5.74) is 7.82. The van der Waals surface area contributed by atoms with E-state index in [0.717, 1.165) is 18.5 Å². The van der Waals surface area contributed by atoms with Crippen LogP contribution < -0.4 is 10.6 Å². The fraction of sp³-hybridized carbons (Fsp3) is 0.600. The normalized spacial score (nSPS) is 18.8. The first-order valence-corrected chi connectivity index (χ1v) is 7.07. The predicted octanol–water partition coefficient (Wildman–Crippen LogP) is 3.58. The smallest absolute Gasteiger partial charge is 0.271 e. The van der Waals surface area contributed by atoms with Crippen molar-refractivity contribution in [1.82, 2.24) is 0 Å². The minimum atomic E-state index is -0.413. The van der Waals surface area contributed by atoms with Gasteiger partial charge in [0.2, 0.25) is 0 Å². The zero-order valence-electron chi connectivity index (χ0n) is 12.4. The summed E-state index contributed by atoms with van der Waals surface area (Å²) < 4.78 is 0. The third kappa shape index (κ3) is 3.03. The molecule has 1 aromatic carbocycles. The number of rotatable bonds is 3. The van der Waals surface area contributed by atoms with E-state index in [-0.39, 0.29) is 5.69 Å². The van der Waals surface area contributed by atoms with Gasteiger partial charge in [-0.3, -0.25) is 10.1 Å². The maximum Gasteiger partial charge on any atom is 0.271 e. The van der Waals surface area contributed by atoms with Crippen LogP contribution in [-0.4, -0.2) is 18.0 Å². The number of anilines is 2. The Kier molecular flexibility index (Phi) is 3.88. The summed E-state index contributed by atoms with van der Waals surface area (Å²) in [6, 6.07) is 5.19. The molecule has 110 valence electrons. The zero-order chi connectivity index (χ0) is 14.9. The van der Waals surface area contributed by atoms with Crippen molar-refractivity contribution in [3.8, 4) is 0 Å². The van der Waals surface area contributed by atoms with Crippen LogP contribution in [0.2, 0.25) is 0 Å². The molecule has 0 aromatic heterocycles. The number of hydrogen-bond donors (Lipinski definition) is 1. The van der Waals surface area contributed by atoms with Gasteiger partial charge in [-0.25, -0.2) is 0 Å². The van der Waals surface area contributed by atoms with Gasteiger partial charge in [-0.2, -0.15) is 0 Å². The maximum absolute atomic E-state index is 10.7. The summed E-state index contributed by atoms with van der Waals surface area (Å²) in [5, 5.41) is 10.7. The molecule has 1 aliphatic carbocycles. The van der Waals surface area contributed by atoms with Crippen LogP contribution in [0.15, 0.2) is 18.2 Å². The SMILES string of the molecule is CN(c1ccc([N+](=O)[O-])cc1N)C1CCC(C)(C)CC1. The van der Waals surface area contributed by atoms with E-state index >= 15 is 0 Å². The third-order valence-electron chi connectivity index (χ3n) is 4.46. The van der Waals surface area contributed by atoms with Crippen molar-refractivity contribution in [3.63, 3.8) is 0 Å². The molecule has 2 N–H and O–H groups in total. The highest BCUT2D eigenvalue weighted by molar-refractivity contribution is 5.70. The molecule has 0 saturated heterocycles. The molecule has 1 aliphatic rings. The number of benzene rings is 1. The minimum absolute atomic E-state index is 0.0458. The van der Waals surface area contributed by atoms with Gasteiger partial charge in [0.05, 0.1) is 16.3 Å². The molecule has 0 radical (unpaired) electrons. The van der Waals surface area contributed by atoms with E-state index in [0.29, 0.717) is 17.1 Å². The number of nitrogen functional groups attached to an aromatic ring is 1. The first-order chi connectivity index (χ1) is 9.30. The van der Waals surface area contributed by atoms with Crippen molar-refractivity contribution in [2.45, 2.75) is 45.6 Å². The topological polar surface area (TPSA) is 72.4 Å². The number of non-ortho nitro benzene ring substituents is 1. The molecule has 0 atom stereocenters. The van der Waals surface area contributed by atoms with Crippen LogP contribution in [0.4, 0.5) is 17.1 Å². The standard InChI is InChI=1S/C15H23N3O2/c1-15(2)8-6-11(7-9-15)17(3)14-5-4-12(18(19)20)10-13(14)16/h4-5,10-11H,6-9,16H2,1-3H3. The Morgan fingerprint density at radius 1 is 1.35 bits per heavy atom. The minimum Gasteiger partial charge on any atom is -0.397 e. The molecule has 0 amide bonds. The van der Waals surface area contributed by atoms with Crippen molar-refractivity contribution < 1.29 is 4.92 Å². The number of hydrogen-bond acceptors (Lipinski definition) is 4. The molecule has 0 aliphatic heterocycles. The van der Waals surface area contributed by atoms with Crippen LogP contribution in [0.3, 0.4) is 0 Å². The van der Waals surface area contributed by atoms with Crippen LogP contribution in [-0.2, 0) is 0 Å². The molecule has 1 aromatic rings. The number of nitrogens with zero attached hydrogens (tertiary/aromatic N) is 2. The van der Waals surface area contributed by atoms with Gasteiger partial charge in [-0.05, 0) is 37.2 Å². The van der Waals surface area contributed by atoms with Gasteiger partial charge in [-0.1, -0.05) is 13.8 Å². The summed E-state index contributed by atoms with van der Waals surface area (Å²) in [7, 11) is 2.03. The molecule has 1 saturated carbocycles. The van der Waals surface area contributed by atoms with E-state index in [1.54, 1.807) is 6.07 Å². The fourth-order valence-corrected chi connectivity index (χ4v) is 2.94. The van der Waals surface area contributed by atoms with Crippen LogP contribution in [0, 0.1) is 15.5 Å². The van der Waals surface area contributed by atoms with Crippen LogP contribution >= 0.6 is 0 Å². The summed E-state index contributed by atoms with van der Waals surface area (Å²) in [6.45, 7) is 4.62. The molecule has 0 unspecified atom stereocenters. The van der Waals surface area contributed by atoms with E-state index in [4.69, 9.17) is 5.73 Å². The van der Waals surface area contributed by atoms with E-state index in [2.05, 4.69) is 18.7 Å². The fourth-order valence-electron chi connectivity index (χ4n) is 2.94. The highest BCUT2D eigenvalue weighted by Crippen LogP contribution is 2.39. The molecule has 20 heavy (non-hydrogen) atoms. The Morgan fingerprint density at radius 2 is 1.95 bits per heavy atom. The molecule has 0 bridgehead atoms. The lowest BCUT2D eigenvalue weighted by molar-refractivity contribution is -0.384. The van der Waals surface area contributed by atoms with E-state index in [1.165, 1.54) is 25.0 Å². The molecule has 5 nitrogen and oxygen atoms in total. The first kappa shape index (κ1) is 14.6. The summed E-state index contributed by atoms with van der Waals surface area (Å²) >= 11 is 0. The quantitative estimate of drug-likeness (QED) is 0.520. The van der Waals surface area contributed by atoms with Crippen molar-refractivity contribution in [2.24, 2.45) is 5.41 Å². The Bertz CT molecular complexity index is 504. The Morgan fingerprint density at radius 3 is 2.45 bits per heavy atom. The van der Waals surface area contributed by atoms with Gasteiger partial charge < -0.3 is 10.6 Å². The highest BCUT2D eigenvalue weighted by Gasteiger charge is 2.29. The van der Waals surface area contributed by atoms with Gasteiger partial charge in [0.15, 0.2) is 0 Å². The Hall–Kier alpha value is -1.78. The largest absolute Gasteiger partial charge is 0.397 e. The summed E-state index contributed by atoms with van der Waals surface area (Å²) in [6.07, 6.45) is 4.68.